The van der Waals surface area contributed by atoms with Gasteiger partial charge in [0.1, 0.15) is 0 Å². The summed E-state index contributed by atoms with van der Waals surface area (Å²) in [5.74, 6) is -0.347. The van der Waals surface area contributed by atoms with Crippen molar-refractivity contribution < 1.29 is 124 Å². The summed E-state index contributed by atoms with van der Waals surface area (Å²) in [6, 6.07) is 0. The van der Waals surface area contributed by atoms with Crippen LogP contribution in [0, 0.1) is 27.0 Å². The van der Waals surface area contributed by atoms with E-state index in [4.69, 9.17) is 0 Å². The van der Waals surface area contributed by atoms with E-state index in [1.165, 1.54) is 0 Å². The Morgan fingerprint density at radius 2 is 1.67 bits per heavy atom. The van der Waals surface area contributed by atoms with Crippen LogP contribution >= 0.6 is 0 Å². The van der Waals surface area contributed by atoms with Gasteiger partial charge in [-0.2, -0.15) is 6.20 Å². The predicted molar refractivity (Wildman–Crippen MR) is 40.0 cm³/mol. The molecule has 0 aromatic carbocycles. The maximum atomic E-state index is 10.7. The van der Waals surface area contributed by atoms with Crippen LogP contribution in [0.25, 0.3) is 0 Å². The summed E-state index contributed by atoms with van der Waals surface area (Å²) in [4.78, 5) is 18.5. The Morgan fingerprint density at radius 3 is 2.00 bits per heavy atom. The van der Waals surface area contributed by atoms with E-state index in [0.717, 1.165) is 11.4 Å². The Balaban J connectivity index is -0.000000151. The quantitative estimate of drug-likeness (QED) is 0.357. The fraction of sp³-hybridized carbons (Fsp3) is 0.250. The number of rotatable bonds is 1. The summed E-state index contributed by atoms with van der Waals surface area (Å²) in [6.45, 7) is 6.82. The Kier molecular flexibility index (Phi) is 22.8. The molecule has 0 saturated carbocycles. The number of nitrogens with zero attached hydrogens (tertiary/aromatic N) is 2. The normalized spacial score (nSPS) is 7.07. The molecule has 0 spiro atoms. The van der Waals surface area contributed by atoms with Crippen LogP contribution in [0.15, 0.2) is 0 Å². The van der Waals surface area contributed by atoms with Gasteiger partial charge in [-0.25, -0.2) is 0 Å². The fourth-order valence-corrected chi connectivity index (χ4v) is 0.616. The minimum Gasteiger partial charge on any atom is -0.406 e. The molecule has 0 fully saturated rings. The van der Waals surface area contributed by atoms with Gasteiger partial charge in [-0.15, -0.1) is 5.69 Å². The average Bonchev–Trinajstić information content (AvgIpc) is 1.94. The van der Waals surface area contributed by atoms with E-state index in [1.807, 2.05) is 6.92 Å². The average molecular weight is 599 g/mol. The molecule has 73 valence electrons. The first kappa shape index (κ1) is 26.2. The number of aryl methyl sites for hydroxylation is 2. The minimum atomic E-state index is -0.347. The van der Waals surface area contributed by atoms with E-state index >= 15 is 0 Å². The van der Waals surface area contributed by atoms with Crippen LogP contribution in [0.3, 0.4) is 0 Å². The van der Waals surface area contributed by atoms with E-state index in [2.05, 4.69) is 23.1 Å². The predicted octanol–water partition coefficient (Wildman–Crippen LogP) is 0.900. The third-order valence-corrected chi connectivity index (χ3v) is 1.40. The molecule has 0 atom stereocenters. The summed E-state index contributed by atoms with van der Waals surface area (Å²) in [6.07, 6.45) is 2.50. The molecule has 15 heavy (non-hydrogen) atoms. The van der Waals surface area contributed by atoms with Crippen molar-refractivity contribution >= 4 is 5.78 Å². The Labute approximate surface area is 180 Å². The Hall–Kier alpha value is 2.62. The smallest absolute Gasteiger partial charge is 0 e. The molecule has 3 radical (unpaired) electrons. The van der Waals surface area contributed by atoms with Crippen LogP contribution in [-0.4, -0.2) is 15.8 Å². The molecule has 1 aromatic heterocycles. The molecule has 1 aromatic rings. The first-order chi connectivity index (χ1) is 5.11. The molecule has 1 heterocycles. The summed E-state index contributed by atoms with van der Waals surface area (Å²) >= 11 is 0. The zero-order chi connectivity index (χ0) is 8.43. The molecule has 0 amide bonds. The minimum absolute atomic E-state index is 0. The van der Waals surface area contributed by atoms with Crippen molar-refractivity contribution in [3.8, 4) is 0 Å². The number of carbonyl (C=O) groups is 1. The SMILES string of the molecule is [CH2-]C(=O)c1[c-]nc(C)c(C)n1.[W].[Y].[Y].[Y]. The molecule has 0 aliphatic carbocycles. The molecular weight excluding hydrogens is 591 g/mol. The largest absolute Gasteiger partial charge is 0.406 e. The van der Waals surface area contributed by atoms with Gasteiger partial charge in [-0.3, -0.25) is 6.92 Å². The summed E-state index contributed by atoms with van der Waals surface area (Å²) < 4.78 is 0. The second-order valence-corrected chi connectivity index (χ2v) is 2.28. The molecule has 0 aliphatic heterocycles. The first-order valence-corrected chi connectivity index (χ1v) is 3.20. The van der Waals surface area contributed by atoms with Crippen LogP contribution in [-0.2, 0) is 119 Å². The van der Waals surface area contributed by atoms with Crippen molar-refractivity contribution in [2.45, 2.75) is 13.8 Å². The molecule has 0 aliphatic rings. The molecule has 0 bridgehead atoms. The van der Waals surface area contributed by atoms with Crippen LogP contribution in [0.5, 0.6) is 0 Å². The fourth-order valence-electron chi connectivity index (χ4n) is 0.616. The van der Waals surface area contributed by atoms with Gasteiger partial charge in [0.25, 0.3) is 0 Å². The van der Waals surface area contributed by atoms with Gasteiger partial charge in [0.05, 0.1) is 0 Å². The van der Waals surface area contributed by atoms with Gasteiger partial charge in [0, 0.05) is 119 Å². The van der Waals surface area contributed by atoms with Gasteiger partial charge >= 0.3 is 0 Å². The number of ketones is 1. The van der Waals surface area contributed by atoms with Crippen LogP contribution < -0.4 is 0 Å². The monoisotopic (exact) mass is 599 g/mol. The maximum absolute atomic E-state index is 10.7. The van der Waals surface area contributed by atoms with Gasteiger partial charge in [-0.1, -0.05) is 12.7 Å². The standard InChI is InChI=1S/C8H8N2O.W.3Y/c1-5-6(2)10-8(4-9-5)7(3)11;;;;/h3H2,1-2H3;;;;/q-2;;;;. The van der Waals surface area contributed by atoms with E-state index in [-0.39, 0.29) is 131 Å². The number of aromatic nitrogens is 2. The van der Waals surface area contributed by atoms with E-state index in [9.17, 15) is 4.79 Å². The van der Waals surface area contributed by atoms with Crippen molar-refractivity contribution in [3.05, 3.63) is 30.2 Å². The third-order valence-electron chi connectivity index (χ3n) is 1.40. The molecule has 0 unspecified atom stereocenters. The van der Waals surface area contributed by atoms with Crippen LogP contribution in [0.4, 0.5) is 0 Å². The number of hydrogen-bond acceptors (Lipinski definition) is 3. The third kappa shape index (κ3) is 9.23. The second-order valence-electron chi connectivity index (χ2n) is 2.28. The van der Waals surface area contributed by atoms with Crippen LogP contribution in [0.2, 0.25) is 0 Å². The van der Waals surface area contributed by atoms with Crippen molar-refractivity contribution in [1.29, 1.82) is 0 Å². The van der Waals surface area contributed by atoms with Gasteiger partial charge in [0.2, 0.25) is 0 Å². The number of Topliss-reactive ketones (excluding diaryl/α,β-unsaturated/α-hetero) is 1. The molecule has 3 nitrogen and oxygen atoms in total. The molecule has 0 saturated heterocycles. The van der Waals surface area contributed by atoms with Gasteiger partial charge < -0.3 is 14.8 Å². The zero-order valence-electron chi connectivity index (χ0n) is 8.65. The van der Waals surface area contributed by atoms with Crippen molar-refractivity contribution in [2.75, 3.05) is 0 Å². The molecular formula is C8H8N2OWY3-2. The van der Waals surface area contributed by atoms with Crippen LogP contribution in [0.1, 0.15) is 21.9 Å². The summed E-state index contributed by atoms with van der Waals surface area (Å²) in [5, 5.41) is 0. The van der Waals surface area contributed by atoms with Crippen molar-refractivity contribution in [1.82, 2.24) is 9.97 Å². The maximum Gasteiger partial charge on any atom is 0 e. The van der Waals surface area contributed by atoms with Gasteiger partial charge in [-0.05, 0) is 18.3 Å². The number of carbonyl (C=O) groups excluding carboxylic acids is 1. The topological polar surface area (TPSA) is 42.9 Å². The molecule has 7 heteroatoms. The molecule has 0 N–H and O–H groups in total. The van der Waals surface area contributed by atoms with Crippen molar-refractivity contribution in [2.24, 2.45) is 0 Å². The molecule has 1 rings (SSSR count). The van der Waals surface area contributed by atoms with Gasteiger partial charge in [0.15, 0.2) is 0 Å². The number of hydrogen-bond donors (Lipinski definition) is 0. The summed E-state index contributed by atoms with van der Waals surface area (Å²) in [5.41, 5.74) is 1.74. The van der Waals surface area contributed by atoms with Crippen molar-refractivity contribution in [3.63, 3.8) is 0 Å². The Bertz CT molecular complexity index is 310. The van der Waals surface area contributed by atoms with E-state index < -0.39 is 0 Å². The second kappa shape index (κ2) is 13.1. The zero-order valence-corrected chi connectivity index (χ0v) is 20.1. The van der Waals surface area contributed by atoms with E-state index in [1.54, 1.807) is 6.92 Å². The summed E-state index contributed by atoms with van der Waals surface area (Å²) in [7, 11) is 0. The Morgan fingerprint density at radius 1 is 1.20 bits per heavy atom. The van der Waals surface area contributed by atoms with E-state index in [0.29, 0.717) is 0 Å². The first-order valence-electron chi connectivity index (χ1n) is 3.20.